The minimum absolute atomic E-state index is 0.178. The van der Waals surface area contributed by atoms with Gasteiger partial charge in [-0.1, -0.05) is 31.0 Å². The van der Waals surface area contributed by atoms with Crippen LogP contribution in [0.3, 0.4) is 0 Å². The summed E-state index contributed by atoms with van der Waals surface area (Å²) in [5.41, 5.74) is 3.05. The molecule has 1 fully saturated rings. The van der Waals surface area contributed by atoms with Crippen LogP contribution in [0.2, 0.25) is 0 Å². The van der Waals surface area contributed by atoms with Gasteiger partial charge < -0.3 is 15.0 Å². The molecule has 1 N–H and O–H groups in total. The van der Waals surface area contributed by atoms with Gasteiger partial charge in [-0.15, -0.1) is 10.2 Å². The molecular weight excluding hydrogens is 376 g/mol. The summed E-state index contributed by atoms with van der Waals surface area (Å²) in [6.45, 7) is 2.10. The Morgan fingerprint density at radius 3 is 2.37 bits per heavy atom. The first kappa shape index (κ1) is 19.9. The molecular formula is C24H26N4O2. The first-order chi connectivity index (χ1) is 14.7. The number of hydrogen-bond donors (Lipinski definition) is 1. The van der Waals surface area contributed by atoms with Gasteiger partial charge >= 0.3 is 0 Å². The average molecular weight is 402 g/mol. The Morgan fingerprint density at radius 1 is 0.933 bits per heavy atom. The summed E-state index contributed by atoms with van der Waals surface area (Å²) < 4.78 is 5.18. The number of aromatic nitrogens is 2. The Bertz CT molecular complexity index is 979. The molecule has 1 aliphatic heterocycles. The molecule has 30 heavy (non-hydrogen) atoms. The standard InChI is InChI=1S/C24H26N4O2/c1-30-21-8-6-7-19(17-21)24(29)25-20-11-9-18(10-12-20)22-13-14-23(27-26-22)28-15-4-2-3-5-16-28/h6-14,17H,2-5,15-16H2,1H3,(H,25,29). The van der Waals surface area contributed by atoms with Gasteiger partial charge in [0.2, 0.25) is 0 Å². The number of anilines is 2. The molecule has 1 amide bonds. The summed E-state index contributed by atoms with van der Waals surface area (Å²) in [6, 6.07) is 18.8. The molecule has 0 spiro atoms. The monoisotopic (exact) mass is 402 g/mol. The van der Waals surface area contributed by atoms with Gasteiger partial charge in [0.1, 0.15) is 5.75 Å². The van der Waals surface area contributed by atoms with Crippen LogP contribution in [0.25, 0.3) is 11.3 Å². The molecule has 6 heteroatoms. The van der Waals surface area contributed by atoms with Crippen molar-refractivity contribution >= 4 is 17.4 Å². The van der Waals surface area contributed by atoms with Crippen LogP contribution in [0.15, 0.2) is 60.7 Å². The van der Waals surface area contributed by atoms with E-state index in [1.54, 1.807) is 25.3 Å². The second-order valence-corrected chi connectivity index (χ2v) is 7.44. The van der Waals surface area contributed by atoms with E-state index in [9.17, 15) is 4.79 Å². The molecule has 3 aromatic rings. The molecule has 4 rings (SSSR count). The number of methoxy groups -OCH3 is 1. The van der Waals surface area contributed by atoms with Gasteiger partial charge in [0.05, 0.1) is 12.8 Å². The molecule has 1 aliphatic rings. The number of nitrogens with one attached hydrogen (secondary N) is 1. The highest BCUT2D eigenvalue weighted by Gasteiger charge is 2.12. The largest absolute Gasteiger partial charge is 0.497 e. The summed E-state index contributed by atoms with van der Waals surface area (Å²) >= 11 is 0. The molecule has 0 saturated carbocycles. The van der Waals surface area contributed by atoms with E-state index in [0.717, 1.165) is 35.9 Å². The highest BCUT2D eigenvalue weighted by molar-refractivity contribution is 6.04. The lowest BCUT2D eigenvalue weighted by molar-refractivity contribution is 0.102. The number of carbonyl (C=O) groups is 1. The molecule has 0 atom stereocenters. The predicted octanol–water partition coefficient (Wildman–Crippen LogP) is 4.78. The molecule has 1 aromatic heterocycles. The molecule has 0 bridgehead atoms. The van der Waals surface area contributed by atoms with Gasteiger partial charge in [-0.25, -0.2) is 0 Å². The molecule has 2 heterocycles. The van der Waals surface area contributed by atoms with Crippen LogP contribution in [0.4, 0.5) is 11.5 Å². The van der Waals surface area contributed by atoms with Gasteiger partial charge in [0, 0.05) is 29.9 Å². The molecule has 1 saturated heterocycles. The van der Waals surface area contributed by atoms with E-state index in [2.05, 4.69) is 20.4 Å². The van der Waals surface area contributed by atoms with Crippen LogP contribution < -0.4 is 15.0 Å². The van der Waals surface area contributed by atoms with Crippen molar-refractivity contribution in [1.29, 1.82) is 0 Å². The molecule has 0 radical (unpaired) electrons. The fourth-order valence-corrected chi connectivity index (χ4v) is 3.64. The summed E-state index contributed by atoms with van der Waals surface area (Å²) in [5.74, 6) is 1.42. The SMILES string of the molecule is COc1cccc(C(=O)Nc2ccc(-c3ccc(N4CCCCCC4)nn3)cc2)c1. The minimum Gasteiger partial charge on any atom is -0.497 e. The third kappa shape index (κ3) is 4.76. The highest BCUT2D eigenvalue weighted by Crippen LogP contribution is 2.23. The van der Waals surface area contributed by atoms with E-state index < -0.39 is 0 Å². The molecule has 2 aromatic carbocycles. The number of rotatable bonds is 5. The van der Waals surface area contributed by atoms with E-state index in [4.69, 9.17) is 4.74 Å². The number of hydrogen-bond acceptors (Lipinski definition) is 5. The van der Waals surface area contributed by atoms with Crippen molar-refractivity contribution in [3.05, 3.63) is 66.2 Å². The van der Waals surface area contributed by atoms with E-state index in [-0.39, 0.29) is 5.91 Å². The maximum atomic E-state index is 12.5. The van der Waals surface area contributed by atoms with Crippen molar-refractivity contribution in [3.8, 4) is 17.0 Å². The van der Waals surface area contributed by atoms with Crippen LogP contribution in [-0.2, 0) is 0 Å². The minimum atomic E-state index is -0.178. The Hall–Kier alpha value is -3.41. The lowest BCUT2D eigenvalue weighted by Crippen LogP contribution is -2.25. The van der Waals surface area contributed by atoms with Crippen molar-refractivity contribution in [1.82, 2.24) is 10.2 Å². The fourth-order valence-electron chi connectivity index (χ4n) is 3.64. The van der Waals surface area contributed by atoms with E-state index in [1.807, 2.05) is 42.5 Å². The van der Waals surface area contributed by atoms with Gasteiger partial charge in [-0.2, -0.15) is 0 Å². The molecule has 6 nitrogen and oxygen atoms in total. The average Bonchev–Trinajstić information content (AvgIpc) is 3.09. The van der Waals surface area contributed by atoms with Crippen LogP contribution in [-0.4, -0.2) is 36.3 Å². The maximum absolute atomic E-state index is 12.5. The van der Waals surface area contributed by atoms with Crippen molar-refractivity contribution < 1.29 is 9.53 Å². The van der Waals surface area contributed by atoms with Crippen LogP contribution in [0.1, 0.15) is 36.0 Å². The van der Waals surface area contributed by atoms with E-state index in [1.165, 1.54) is 25.7 Å². The first-order valence-corrected chi connectivity index (χ1v) is 10.4. The van der Waals surface area contributed by atoms with Crippen molar-refractivity contribution in [2.75, 3.05) is 30.4 Å². The number of ether oxygens (including phenoxy) is 1. The van der Waals surface area contributed by atoms with Gasteiger partial charge in [-0.05, 0) is 55.3 Å². The third-order valence-electron chi connectivity index (χ3n) is 5.35. The smallest absolute Gasteiger partial charge is 0.255 e. The summed E-state index contributed by atoms with van der Waals surface area (Å²) in [4.78, 5) is 14.8. The maximum Gasteiger partial charge on any atom is 0.255 e. The van der Waals surface area contributed by atoms with Crippen molar-refractivity contribution in [2.45, 2.75) is 25.7 Å². The topological polar surface area (TPSA) is 67.3 Å². The molecule has 154 valence electrons. The van der Waals surface area contributed by atoms with E-state index >= 15 is 0 Å². The highest BCUT2D eigenvalue weighted by atomic mass is 16.5. The Labute approximate surface area is 176 Å². The summed E-state index contributed by atoms with van der Waals surface area (Å²) in [5, 5.41) is 11.8. The lowest BCUT2D eigenvalue weighted by atomic mass is 10.1. The van der Waals surface area contributed by atoms with Crippen LogP contribution >= 0.6 is 0 Å². The van der Waals surface area contributed by atoms with Gasteiger partial charge in [0.15, 0.2) is 5.82 Å². The van der Waals surface area contributed by atoms with Crippen LogP contribution in [0, 0.1) is 0 Å². The van der Waals surface area contributed by atoms with Gasteiger partial charge in [0.25, 0.3) is 5.91 Å². The van der Waals surface area contributed by atoms with Crippen molar-refractivity contribution in [3.63, 3.8) is 0 Å². The van der Waals surface area contributed by atoms with Gasteiger partial charge in [-0.3, -0.25) is 4.79 Å². The zero-order chi connectivity index (χ0) is 20.8. The fraction of sp³-hybridized carbons (Fsp3) is 0.292. The second kappa shape index (κ2) is 9.39. The number of carbonyl (C=O) groups excluding carboxylic acids is 1. The zero-order valence-electron chi connectivity index (χ0n) is 17.2. The summed E-state index contributed by atoms with van der Waals surface area (Å²) in [6.07, 6.45) is 5.02. The Kier molecular flexibility index (Phi) is 6.23. The molecule has 0 unspecified atom stereocenters. The van der Waals surface area contributed by atoms with Crippen LogP contribution in [0.5, 0.6) is 5.75 Å². The first-order valence-electron chi connectivity index (χ1n) is 10.4. The normalized spacial score (nSPS) is 14.1. The zero-order valence-corrected chi connectivity index (χ0v) is 17.2. The Balaban J connectivity index is 1.42. The lowest BCUT2D eigenvalue weighted by Gasteiger charge is -2.20. The van der Waals surface area contributed by atoms with Crippen molar-refractivity contribution in [2.24, 2.45) is 0 Å². The number of nitrogens with zero attached hydrogens (tertiary/aromatic N) is 3. The van der Waals surface area contributed by atoms with E-state index in [0.29, 0.717) is 11.3 Å². The number of amides is 1. The third-order valence-corrected chi connectivity index (χ3v) is 5.35. The molecule has 0 aliphatic carbocycles. The number of benzene rings is 2. The Morgan fingerprint density at radius 2 is 1.70 bits per heavy atom. The predicted molar refractivity (Wildman–Crippen MR) is 119 cm³/mol. The quantitative estimate of drug-likeness (QED) is 0.665. The second-order valence-electron chi connectivity index (χ2n) is 7.44. The summed E-state index contributed by atoms with van der Waals surface area (Å²) in [7, 11) is 1.58.